The third-order valence-electron chi connectivity index (χ3n) is 4.44. The van der Waals surface area contributed by atoms with Crippen LogP contribution in [0.4, 0.5) is 0 Å². The minimum Gasteiger partial charge on any atom is -0.473 e. The van der Waals surface area contributed by atoms with Crippen molar-refractivity contribution in [1.82, 2.24) is 9.88 Å². The van der Waals surface area contributed by atoms with Crippen LogP contribution in [0.1, 0.15) is 42.1 Å². The number of benzene rings is 1. The molecule has 1 aromatic heterocycles. The minimum absolute atomic E-state index is 0.0374. The summed E-state index contributed by atoms with van der Waals surface area (Å²) in [4.78, 5) is 19.3. The summed E-state index contributed by atoms with van der Waals surface area (Å²) in [6, 6.07) is 13.7. The molecule has 0 N–H and O–H groups in total. The molecule has 2 aromatic rings. The van der Waals surface area contributed by atoms with Gasteiger partial charge < -0.3 is 9.64 Å². The first-order valence-corrected chi connectivity index (χ1v) is 10.5. The fraction of sp³-hybridized carbons (Fsp3) is 0.429. The van der Waals surface area contributed by atoms with Gasteiger partial charge in [-0.15, -0.1) is 0 Å². The molecule has 1 atom stereocenters. The van der Waals surface area contributed by atoms with Crippen LogP contribution >= 0.6 is 11.8 Å². The molecule has 1 aliphatic rings. The lowest BCUT2D eigenvalue weighted by atomic mass is 10.1. The highest BCUT2D eigenvalue weighted by molar-refractivity contribution is 7.99. The normalized spacial score (nSPS) is 16.4. The zero-order chi connectivity index (χ0) is 18.2. The van der Waals surface area contributed by atoms with Crippen LogP contribution < -0.4 is 4.74 Å². The van der Waals surface area contributed by atoms with Crippen molar-refractivity contribution in [2.75, 3.05) is 18.1 Å². The third kappa shape index (κ3) is 5.24. The lowest BCUT2D eigenvalue weighted by Gasteiger charge is -2.23. The molecule has 0 saturated carbocycles. The Hall–Kier alpha value is -2.01. The van der Waals surface area contributed by atoms with Crippen molar-refractivity contribution in [1.29, 1.82) is 0 Å². The second-order valence-electron chi connectivity index (χ2n) is 6.55. The van der Waals surface area contributed by atoms with Crippen LogP contribution in [0.5, 0.6) is 5.88 Å². The molecule has 1 aromatic carbocycles. The number of hydrogen-bond acceptors (Lipinski definition) is 4. The van der Waals surface area contributed by atoms with Crippen LogP contribution in [0.25, 0.3) is 0 Å². The molecule has 5 heteroatoms. The average molecular weight is 371 g/mol. The van der Waals surface area contributed by atoms with Gasteiger partial charge in [-0.2, -0.15) is 11.8 Å². The fourth-order valence-corrected chi connectivity index (χ4v) is 4.07. The van der Waals surface area contributed by atoms with E-state index in [0.717, 1.165) is 42.9 Å². The second-order valence-corrected chi connectivity index (χ2v) is 7.70. The average Bonchev–Trinajstić information content (AvgIpc) is 3.18. The number of ether oxygens (including phenoxy) is 1. The van der Waals surface area contributed by atoms with Gasteiger partial charge >= 0.3 is 0 Å². The highest BCUT2D eigenvalue weighted by Crippen LogP contribution is 2.23. The summed E-state index contributed by atoms with van der Waals surface area (Å²) in [6.07, 6.45) is 4.97. The van der Waals surface area contributed by atoms with Gasteiger partial charge in [0.05, 0.1) is 0 Å². The molecule has 1 saturated heterocycles. The van der Waals surface area contributed by atoms with Crippen molar-refractivity contribution in [3.63, 3.8) is 0 Å². The van der Waals surface area contributed by atoms with Crippen molar-refractivity contribution in [3.8, 4) is 5.88 Å². The van der Waals surface area contributed by atoms with E-state index < -0.39 is 0 Å². The fourth-order valence-electron chi connectivity index (χ4n) is 2.97. The molecular weight excluding hydrogens is 344 g/mol. The van der Waals surface area contributed by atoms with Crippen LogP contribution in [0.3, 0.4) is 0 Å². The van der Waals surface area contributed by atoms with E-state index in [2.05, 4.69) is 24.0 Å². The maximum absolute atomic E-state index is 13.1. The molecule has 3 rings (SSSR count). The van der Waals surface area contributed by atoms with Gasteiger partial charge in [-0.1, -0.05) is 43.7 Å². The van der Waals surface area contributed by atoms with E-state index in [-0.39, 0.29) is 12.0 Å². The Labute approximate surface area is 160 Å². The maximum atomic E-state index is 13.1. The summed E-state index contributed by atoms with van der Waals surface area (Å²) in [7, 11) is 0. The predicted molar refractivity (Wildman–Crippen MR) is 107 cm³/mol. The number of hydrogen-bond donors (Lipinski definition) is 0. The van der Waals surface area contributed by atoms with Crippen molar-refractivity contribution < 1.29 is 9.53 Å². The highest BCUT2D eigenvalue weighted by Gasteiger charge is 2.20. The van der Waals surface area contributed by atoms with Crippen LogP contribution in [0, 0.1) is 0 Å². The highest BCUT2D eigenvalue weighted by atomic mass is 32.2. The predicted octanol–water partition coefficient (Wildman–Crippen LogP) is 4.41. The smallest absolute Gasteiger partial charge is 0.254 e. The van der Waals surface area contributed by atoms with Gasteiger partial charge in [-0.05, 0) is 30.2 Å². The maximum Gasteiger partial charge on any atom is 0.254 e. The number of aromatic nitrogens is 1. The Morgan fingerprint density at radius 2 is 2.15 bits per heavy atom. The number of nitrogens with zero attached hydrogens (tertiary/aromatic N) is 2. The number of carbonyl (C=O) groups excluding carboxylic acids is 1. The van der Waals surface area contributed by atoms with Gasteiger partial charge in [-0.25, -0.2) is 4.98 Å². The quantitative estimate of drug-likeness (QED) is 0.690. The molecule has 1 aliphatic heterocycles. The van der Waals surface area contributed by atoms with Gasteiger partial charge in [0.2, 0.25) is 5.88 Å². The number of carbonyl (C=O) groups is 1. The monoisotopic (exact) mass is 370 g/mol. The molecular formula is C21H26N2O2S. The molecule has 4 nitrogen and oxygen atoms in total. The van der Waals surface area contributed by atoms with Crippen molar-refractivity contribution >= 4 is 17.7 Å². The molecule has 0 bridgehead atoms. The standard InChI is InChI=1S/C21H26N2O2S/c1-2-3-12-23(15-17-7-5-4-6-8-17)21(24)18-9-11-22-20(14-18)25-19-10-13-26-16-19/h4-9,11,14,19H,2-3,10,12-13,15-16H2,1H3. The number of unbranched alkanes of at least 4 members (excludes halogenated alkanes) is 1. The Bertz CT molecular complexity index is 702. The molecule has 0 aliphatic carbocycles. The molecule has 0 spiro atoms. The van der Waals surface area contributed by atoms with Gasteiger partial charge in [0.15, 0.2) is 0 Å². The Balaban J connectivity index is 1.72. The molecule has 138 valence electrons. The van der Waals surface area contributed by atoms with E-state index in [0.29, 0.717) is 18.0 Å². The Morgan fingerprint density at radius 1 is 1.31 bits per heavy atom. The lowest BCUT2D eigenvalue weighted by molar-refractivity contribution is 0.0739. The second kappa shape index (κ2) is 9.62. The van der Waals surface area contributed by atoms with E-state index in [9.17, 15) is 4.79 Å². The van der Waals surface area contributed by atoms with E-state index in [1.54, 1.807) is 18.3 Å². The summed E-state index contributed by atoms with van der Waals surface area (Å²) in [5, 5.41) is 0. The summed E-state index contributed by atoms with van der Waals surface area (Å²) in [5.74, 6) is 2.72. The molecule has 1 fully saturated rings. The SMILES string of the molecule is CCCCN(Cc1ccccc1)C(=O)c1ccnc(OC2CCSC2)c1. The summed E-state index contributed by atoms with van der Waals surface area (Å²) in [6.45, 7) is 3.52. The van der Waals surface area contributed by atoms with E-state index in [1.807, 2.05) is 34.9 Å². The third-order valence-corrected chi connectivity index (χ3v) is 5.57. The Kier molecular flexibility index (Phi) is 6.95. The molecule has 0 radical (unpaired) electrons. The van der Waals surface area contributed by atoms with Crippen LogP contribution in [0.2, 0.25) is 0 Å². The molecule has 1 amide bonds. The van der Waals surface area contributed by atoms with E-state index in [4.69, 9.17) is 4.74 Å². The van der Waals surface area contributed by atoms with Crippen molar-refractivity contribution in [2.45, 2.75) is 38.8 Å². The van der Waals surface area contributed by atoms with Gasteiger partial charge in [-0.3, -0.25) is 4.79 Å². The zero-order valence-electron chi connectivity index (χ0n) is 15.3. The number of thioether (sulfide) groups is 1. The topological polar surface area (TPSA) is 42.4 Å². The van der Waals surface area contributed by atoms with Gasteiger partial charge in [0.1, 0.15) is 6.10 Å². The van der Waals surface area contributed by atoms with Crippen LogP contribution in [-0.2, 0) is 6.54 Å². The minimum atomic E-state index is 0.0374. The molecule has 26 heavy (non-hydrogen) atoms. The van der Waals surface area contributed by atoms with E-state index >= 15 is 0 Å². The van der Waals surface area contributed by atoms with Crippen molar-refractivity contribution in [3.05, 3.63) is 59.8 Å². The first-order chi connectivity index (χ1) is 12.8. The van der Waals surface area contributed by atoms with Crippen molar-refractivity contribution in [2.24, 2.45) is 0 Å². The lowest BCUT2D eigenvalue weighted by Crippen LogP contribution is -2.31. The zero-order valence-corrected chi connectivity index (χ0v) is 16.1. The van der Waals surface area contributed by atoms with Gasteiger partial charge in [0, 0.05) is 36.7 Å². The summed E-state index contributed by atoms with van der Waals surface area (Å²) < 4.78 is 5.94. The molecule has 2 heterocycles. The number of amides is 1. The van der Waals surface area contributed by atoms with Crippen LogP contribution in [-0.4, -0.2) is 39.9 Å². The number of rotatable bonds is 8. The first kappa shape index (κ1) is 18.8. The van der Waals surface area contributed by atoms with Crippen LogP contribution in [0.15, 0.2) is 48.7 Å². The summed E-state index contributed by atoms with van der Waals surface area (Å²) in [5.41, 5.74) is 1.79. The first-order valence-electron chi connectivity index (χ1n) is 9.30. The Morgan fingerprint density at radius 3 is 2.88 bits per heavy atom. The summed E-state index contributed by atoms with van der Waals surface area (Å²) >= 11 is 1.90. The van der Waals surface area contributed by atoms with E-state index in [1.165, 1.54) is 0 Å². The molecule has 1 unspecified atom stereocenters. The largest absolute Gasteiger partial charge is 0.473 e. The number of pyridine rings is 1. The van der Waals surface area contributed by atoms with Gasteiger partial charge in [0.25, 0.3) is 5.91 Å².